The topological polar surface area (TPSA) is 64.2 Å². The molecule has 26 heavy (non-hydrogen) atoms. The van der Waals surface area contributed by atoms with Crippen molar-refractivity contribution in [1.29, 1.82) is 0 Å². The summed E-state index contributed by atoms with van der Waals surface area (Å²) in [4.78, 5) is 16.7. The van der Waals surface area contributed by atoms with E-state index in [1.807, 2.05) is 47.3 Å². The molecule has 0 fully saturated rings. The van der Waals surface area contributed by atoms with Gasteiger partial charge in [-0.2, -0.15) is 5.10 Å². The quantitative estimate of drug-likeness (QED) is 0.604. The van der Waals surface area contributed by atoms with E-state index in [1.54, 1.807) is 22.9 Å². The molecule has 4 aromatic rings. The van der Waals surface area contributed by atoms with Gasteiger partial charge in [-0.1, -0.05) is 18.2 Å². The van der Waals surface area contributed by atoms with Crippen molar-refractivity contribution in [1.82, 2.24) is 24.5 Å². The van der Waals surface area contributed by atoms with Gasteiger partial charge >= 0.3 is 0 Å². The molecule has 0 saturated heterocycles. The molecule has 130 valence electrons. The van der Waals surface area contributed by atoms with Crippen LogP contribution < -0.4 is 10.9 Å². The summed E-state index contributed by atoms with van der Waals surface area (Å²) in [6.45, 7) is 2.62. The van der Waals surface area contributed by atoms with E-state index in [0.717, 1.165) is 11.4 Å². The van der Waals surface area contributed by atoms with Crippen LogP contribution in [0.3, 0.4) is 0 Å². The molecule has 0 radical (unpaired) electrons. The Morgan fingerprint density at radius 1 is 1.08 bits per heavy atom. The summed E-state index contributed by atoms with van der Waals surface area (Å²) in [5.74, 6) is 0. The fourth-order valence-corrected chi connectivity index (χ4v) is 2.91. The van der Waals surface area contributed by atoms with E-state index in [0.29, 0.717) is 12.2 Å². The number of pyridine rings is 1. The maximum atomic E-state index is 12.2. The fraction of sp³-hybridized carbons (Fsp3) is 0.150. The molecular weight excluding hydrogens is 326 g/mol. The molecule has 0 amide bonds. The molecule has 6 heteroatoms. The summed E-state index contributed by atoms with van der Waals surface area (Å²) in [7, 11) is 0. The lowest BCUT2D eigenvalue weighted by atomic mass is 10.1. The summed E-state index contributed by atoms with van der Waals surface area (Å²) in [5.41, 5.74) is 3.52. The highest BCUT2D eigenvalue weighted by Crippen LogP contribution is 2.15. The van der Waals surface area contributed by atoms with Gasteiger partial charge in [0.05, 0.1) is 11.4 Å². The number of benzene rings is 1. The molecule has 0 aliphatic rings. The molecule has 0 aliphatic carbocycles. The molecule has 6 nitrogen and oxygen atoms in total. The SMILES string of the molecule is CC(NCc1cc(=O)n2ccccc2n1)c1ccc(-n2cccn2)cc1. The molecule has 0 bridgehead atoms. The summed E-state index contributed by atoms with van der Waals surface area (Å²) in [6.07, 6.45) is 5.41. The molecule has 0 saturated carbocycles. The molecule has 1 unspecified atom stereocenters. The van der Waals surface area contributed by atoms with E-state index in [4.69, 9.17) is 0 Å². The van der Waals surface area contributed by atoms with Crippen molar-refractivity contribution in [2.75, 3.05) is 0 Å². The smallest absolute Gasteiger partial charge is 0.258 e. The number of nitrogens with one attached hydrogen (secondary N) is 1. The van der Waals surface area contributed by atoms with Gasteiger partial charge in [-0.3, -0.25) is 9.20 Å². The first-order valence-electron chi connectivity index (χ1n) is 8.51. The van der Waals surface area contributed by atoms with Crippen molar-refractivity contribution in [3.8, 4) is 5.69 Å². The zero-order valence-electron chi connectivity index (χ0n) is 14.4. The minimum Gasteiger partial charge on any atom is -0.305 e. The summed E-state index contributed by atoms with van der Waals surface area (Å²) in [5, 5.41) is 7.66. The highest BCUT2D eigenvalue weighted by Gasteiger charge is 2.07. The summed E-state index contributed by atoms with van der Waals surface area (Å²) in [6, 6.07) is 17.4. The minimum absolute atomic E-state index is 0.0661. The maximum absolute atomic E-state index is 12.2. The Morgan fingerprint density at radius 2 is 1.92 bits per heavy atom. The van der Waals surface area contributed by atoms with Gasteiger partial charge in [0.1, 0.15) is 5.65 Å². The van der Waals surface area contributed by atoms with E-state index in [2.05, 4.69) is 34.5 Å². The Labute approximate surface area is 150 Å². The van der Waals surface area contributed by atoms with Crippen molar-refractivity contribution in [3.63, 3.8) is 0 Å². The minimum atomic E-state index is -0.0661. The van der Waals surface area contributed by atoms with Crippen LogP contribution in [0, 0.1) is 0 Å². The van der Waals surface area contributed by atoms with Crippen LogP contribution in [-0.4, -0.2) is 19.2 Å². The van der Waals surface area contributed by atoms with Crippen LogP contribution in [-0.2, 0) is 6.54 Å². The van der Waals surface area contributed by atoms with Gasteiger partial charge in [0.15, 0.2) is 0 Å². The molecule has 4 rings (SSSR count). The fourth-order valence-electron chi connectivity index (χ4n) is 2.91. The number of hydrogen-bond donors (Lipinski definition) is 1. The van der Waals surface area contributed by atoms with Crippen LogP contribution in [0.5, 0.6) is 0 Å². The van der Waals surface area contributed by atoms with Crippen LogP contribution in [0.15, 0.2) is 78.0 Å². The van der Waals surface area contributed by atoms with Gasteiger partial charge < -0.3 is 5.32 Å². The number of rotatable bonds is 5. The lowest BCUT2D eigenvalue weighted by Gasteiger charge is -2.15. The third-order valence-corrected chi connectivity index (χ3v) is 4.38. The number of nitrogens with zero attached hydrogens (tertiary/aromatic N) is 4. The van der Waals surface area contributed by atoms with Gasteiger partial charge in [0, 0.05) is 37.2 Å². The van der Waals surface area contributed by atoms with Gasteiger partial charge in [0.2, 0.25) is 0 Å². The van der Waals surface area contributed by atoms with Crippen molar-refractivity contribution in [2.24, 2.45) is 0 Å². The molecule has 3 aromatic heterocycles. The third-order valence-electron chi connectivity index (χ3n) is 4.38. The first-order chi connectivity index (χ1) is 12.7. The molecular formula is C20H19N5O. The van der Waals surface area contributed by atoms with Gasteiger partial charge in [-0.05, 0) is 42.8 Å². The molecule has 1 atom stereocenters. The monoisotopic (exact) mass is 345 g/mol. The van der Waals surface area contributed by atoms with E-state index in [-0.39, 0.29) is 11.6 Å². The van der Waals surface area contributed by atoms with Crippen molar-refractivity contribution in [2.45, 2.75) is 19.5 Å². The first-order valence-corrected chi connectivity index (χ1v) is 8.51. The Hall–Kier alpha value is -3.25. The average Bonchev–Trinajstić information content (AvgIpc) is 3.21. The number of aromatic nitrogens is 4. The Bertz CT molecular complexity index is 1070. The second-order valence-electron chi connectivity index (χ2n) is 6.16. The lowest BCUT2D eigenvalue weighted by Crippen LogP contribution is -2.22. The Morgan fingerprint density at radius 3 is 2.69 bits per heavy atom. The molecule has 1 N–H and O–H groups in total. The lowest BCUT2D eigenvalue weighted by molar-refractivity contribution is 0.567. The molecule has 3 heterocycles. The standard InChI is InChI=1S/C20H19N5O/c1-15(16-6-8-18(9-7-16)25-12-4-10-22-25)21-14-17-13-20(26)24-11-3-2-5-19(24)23-17/h2-13,15,21H,14H2,1H3. The Balaban J connectivity index is 1.47. The van der Waals surface area contributed by atoms with Gasteiger partial charge in [-0.15, -0.1) is 0 Å². The van der Waals surface area contributed by atoms with E-state index in [9.17, 15) is 4.79 Å². The van der Waals surface area contributed by atoms with Crippen LogP contribution in [0.4, 0.5) is 0 Å². The zero-order valence-corrected chi connectivity index (χ0v) is 14.4. The highest BCUT2D eigenvalue weighted by atomic mass is 16.1. The second kappa shape index (κ2) is 6.93. The average molecular weight is 345 g/mol. The normalized spacial score (nSPS) is 12.3. The largest absolute Gasteiger partial charge is 0.305 e. The van der Waals surface area contributed by atoms with Crippen LogP contribution in [0.25, 0.3) is 11.3 Å². The van der Waals surface area contributed by atoms with Crippen molar-refractivity contribution in [3.05, 3.63) is 94.8 Å². The van der Waals surface area contributed by atoms with Crippen LogP contribution >= 0.6 is 0 Å². The van der Waals surface area contributed by atoms with Gasteiger partial charge in [0.25, 0.3) is 5.56 Å². The predicted molar refractivity (Wildman–Crippen MR) is 100 cm³/mol. The van der Waals surface area contributed by atoms with Crippen LogP contribution in [0.1, 0.15) is 24.2 Å². The van der Waals surface area contributed by atoms with Gasteiger partial charge in [-0.25, -0.2) is 9.67 Å². The molecule has 0 aliphatic heterocycles. The van der Waals surface area contributed by atoms with Crippen molar-refractivity contribution < 1.29 is 0 Å². The summed E-state index contributed by atoms with van der Waals surface area (Å²) < 4.78 is 3.37. The number of hydrogen-bond acceptors (Lipinski definition) is 4. The maximum Gasteiger partial charge on any atom is 0.258 e. The second-order valence-corrected chi connectivity index (χ2v) is 6.16. The Kier molecular flexibility index (Phi) is 4.33. The van der Waals surface area contributed by atoms with Crippen LogP contribution in [0.2, 0.25) is 0 Å². The molecule has 1 aromatic carbocycles. The van der Waals surface area contributed by atoms with E-state index >= 15 is 0 Å². The predicted octanol–water partition coefficient (Wildman–Crippen LogP) is 2.73. The van der Waals surface area contributed by atoms with E-state index < -0.39 is 0 Å². The number of fused-ring (bicyclic) bond motifs is 1. The van der Waals surface area contributed by atoms with E-state index in [1.165, 1.54) is 5.56 Å². The zero-order chi connectivity index (χ0) is 17.9. The highest BCUT2D eigenvalue weighted by molar-refractivity contribution is 5.38. The first kappa shape index (κ1) is 16.2. The third kappa shape index (κ3) is 3.27. The molecule has 0 spiro atoms. The summed E-state index contributed by atoms with van der Waals surface area (Å²) >= 11 is 0. The van der Waals surface area contributed by atoms with Crippen molar-refractivity contribution >= 4 is 5.65 Å².